The van der Waals surface area contributed by atoms with Crippen LogP contribution in [0.25, 0.3) is 5.65 Å². The van der Waals surface area contributed by atoms with Crippen LogP contribution in [-0.4, -0.2) is 35.2 Å². The predicted molar refractivity (Wildman–Crippen MR) is 79.0 cm³/mol. The van der Waals surface area contributed by atoms with Gasteiger partial charge in [0.15, 0.2) is 9.84 Å². The molecule has 20 heavy (non-hydrogen) atoms. The van der Waals surface area contributed by atoms with Crippen LogP contribution in [0.2, 0.25) is 0 Å². The van der Waals surface area contributed by atoms with E-state index in [0.717, 1.165) is 16.4 Å². The lowest BCUT2D eigenvalue weighted by molar-refractivity contribution is -0.120. The number of carbonyl (C=O) groups is 1. The van der Waals surface area contributed by atoms with Gasteiger partial charge in [0.2, 0.25) is 5.91 Å². The SMILES string of the molecule is C[C@@H](C(=O)NCc1cn2cc(Br)ccc2n1)S(C)(=O)=O. The number of halogens is 1. The van der Waals surface area contributed by atoms with Crippen LogP contribution in [0.1, 0.15) is 12.6 Å². The van der Waals surface area contributed by atoms with E-state index in [1.54, 1.807) is 6.20 Å². The third kappa shape index (κ3) is 3.37. The third-order valence-electron chi connectivity index (χ3n) is 2.92. The molecule has 2 rings (SSSR count). The summed E-state index contributed by atoms with van der Waals surface area (Å²) in [7, 11) is -3.38. The summed E-state index contributed by atoms with van der Waals surface area (Å²) in [4.78, 5) is 16.0. The molecular formula is C12H14BrN3O3S. The molecule has 2 aromatic rings. The number of fused-ring (bicyclic) bond motifs is 1. The number of imidazole rings is 1. The van der Waals surface area contributed by atoms with Gasteiger partial charge in [0, 0.05) is 23.1 Å². The molecule has 0 saturated heterocycles. The first-order chi connectivity index (χ1) is 9.27. The Balaban J connectivity index is 2.08. The highest BCUT2D eigenvalue weighted by Gasteiger charge is 2.23. The Kier molecular flexibility index (Phi) is 4.14. The normalized spacial score (nSPS) is 13.3. The number of aromatic nitrogens is 2. The van der Waals surface area contributed by atoms with Crippen molar-refractivity contribution in [3.05, 3.63) is 34.7 Å². The molecule has 0 aromatic carbocycles. The lowest BCUT2D eigenvalue weighted by Crippen LogP contribution is -2.37. The van der Waals surface area contributed by atoms with E-state index in [1.807, 2.05) is 22.7 Å². The first kappa shape index (κ1) is 15.0. The van der Waals surface area contributed by atoms with E-state index in [9.17, 15) is 13.2 Å². The van der Waals surface area contributed by atoms with Crippen molar-refractivity contribution >= 4 is 37.3 Å². The topological polar surface area (TPSA) is 80.5 Å². The minimum Gasteiger partial charge on any atom is -0.349 e. The molecule has 1 atom stereocenters. The number of hydrogen-bond acceptors (Lipinski definition) is 4. The van der Waals surface area contributed by atoms with E-state index in [0.29, 0.717) is 5.69 Å². The molecule has 8 heteroatoms. The molecule has 2 aromatic heterocycles. The van der Waals surface area contributed by atoms with Crippen molar-refractivity contribution in [3.8, 4) is 0 Å². The number of nitrogens with one attached hydrogen (secondary N) is 1. The van der Waals surface area contributed by atoms with Crippen LogP contribution in [0, 0.1) is 0 Å². The predicted octanol–water partition coefficient (Wildman–Crippen LogP) is 1.15. The van der Waals surface area contributed by atoms with E-state index in [-0.39, 0.29) is 6.54 Å². The Bertz CT molecular complexity index is 754. The molecule has 1 N–H and O–H groups in total. The van der Waals surface area contributed by atoms with Crippen molar-refractivity contribution in [2.75, 3.05) is 6.26 Å². The van der Waals surface area contributed by atoms with Crippen molar-refractivity contribution in [1.29, 1.82) is 0 Å². The lowest BCUT2D eigenvalue weighted by Gasteiger charge is -2.08. The molecule has 0 aliphatic heterocycles. The third-order valence-corrected chi connectivity index (χ3v) is 4.89. The maximum Gasteiger partial charge on any atom is 0.238 e. The van der Waals surface area contributed by atoms with E-state index >= 15 is 0 Å². The maximum absolute atomic E-state index is 11.7. The van der Waals surface area contributed by atoms with E-state index in [2.05, 4.69) is 26.2 Å². The second-order valence-electron chi connectivity index (χ2n) is 4.53. The highest BCUT2D eigenvalue weighted by Crippen LogP contribution is 2.12. The van der Waals surface area contributed by atoms with Gasteiger partial charge in [-0.15, -0.1) is 0 Å². The summed E-state index contributed by atoms with van der Waals surface area (Å²) >= 11 is 3.36. The number of pyridine rings is 1. The molecule has 0 bridgehead atoms. The van der Waals surface area contributed by atoms with Crippen molar-refractivity contribution < 1.29 is 13.2 Å². The molecule has 1 amide bonds. The van der Waals surface area contributed by atoms with Crippen LogP contribution < -0.4 is 5.32 Å². The molecule has 0 spiro atoms. The molecule has 0 unspecified atom stereocenters. The van der Waals surface area contributed by atoms with E-state index in [1.165, 1.54) is 6.92 Å². The Morgan fingerprint density at radius 2 is 2.15 bits per heavy atom. The minimum atomic E-state index is -3.38. The highest BCUT2D eigenvalue weighted by molar-refractivity contribution is 9.10. The summed E-state index contributed by atoms with van der Waals surface area (Å²) < 4.78 is 25.3. The fourth-order valence-corrected chi connectivity index (χ4v) is 2.44. The molecule has 0 aliphatic rings. The average molecular weight is 360 g/mol. The second kappa shape index (κ2) is 5.53. The van der Waals surface area contributed by atoms with Crippen molar-refractivity contribution in [2.24, 2.45) is 0 Å². The monoisotopic (exact) mass is 359 g/mol. The van der Waals surface area contributed by atoms with Crippen LogP contribution in [-0.2, 0) is 21.2 Å². The van der Waals surface area contributed by atoms with Gasteiger partial charge in [-0.05, 0) is 35.0 Å². The van der Waals surface area contributed by atoms with Crippen molar-refractivity contribution in [1.82, 2.24) is 14.7 Å². The summed E-state index contributed by atoms with van der Waals surface area (Å²) in [5.41, 5.74) is 1.42. The zero-order chi connectivity index (χ0) is 14.9. The molecule has 0 fully saturated rings. The van der Waals surface area contributed by atoms with Crippen molar-refractivity contribution in [2.45, 2.75) is 18.7 Å². The van der Waals surface area contributed by atoms with E-state index < -0.39 is 21.0 Å². The number of nitrogens with zero attached hydrogens (tertiary/aromatic N) is 2. The number of hydrogen-bond donors (Lipinski definition) is 1. The molecule has 0 radical (unpaired) electrons. The Morgan fingerprint density at radius 1 is 1.45 bits per heavy atom. The first-order valence-corrected chi connectivity index (χ1v) is 8.62. The van der Waals surface area contributed by atoms with Gasteiger partial charge < -0.3 is 9.72 Å². The molecule has 108 valence electrons. The van der Waals surface area contributed by atoms with Gasteiger partial charge in [-0.2, -0.15) is 0 Å². The van der Waals surface area contributed by atoms with Gasteiger partial charge in [0.05, 0.1) is 12.2 Å². The Hall–Kier alpha value is -1.41. The summed E-state index contributed by atoms with van der Waals surface area (Å²) in [6.45, 7) is 1.56. The summed E-state index contributed by atoms with van der Waals surface area (Å²) in [6, 6.07) is 3.71. The zero-order valence-corrected chi connectivity index (χ0v) is 13.4. The van der Waals surface area contributed by atoms with Gasteiger partial charge in [-0.3, -0.25) is 4.79 Å². The van der Waals surface area contributed by atoms with Gasteiger partial charge in [0.1, 0.15) is 10.9 Å². The Morgan fingerprint density at radius 3 is 2.80 bits per heavy atom. The number of amides is 1. The number of carbonyl (C=O) groups excluding carboxylic acids is 1. The molecule has 0 aliphatic carbocycles. The lowest BCUT2D eigenvalue weighted by atomic mass is 10.4. The summed E-state index contributed by atoms with van der Waals surface area (Å²) in [5.74, 6) is -0.522. The van der Waals surface area contributed by atoms with Gasteiger partial charge in [-0.1, -0.05) is 0 Å². The molecule has 6 nitrogen and oxygen atoms in total. The van der Waals surface area contributed by atoms with Gasteiger partial charge in [0.25, 0.3) is 0 Å². The quantitative estimate of drug-likeness (QED) is 0.887. The summed E-state index contributed by atoms with van der Waals surface area (Å²) in [6.07, 6.45) is 4.68. The van der Waals surface area contributed by atoms with Crippen molar-refractivity contribution in [3.63, 3.8) is 0 Å². The van der Waals surface area contributed by atoms with Crippen LogP contribution in [0.15, 0.2) is 29.0 Å². The molecular weight excluding hydrogens is 346 g/mol. The zero-order valence-electron chi connectivity index (χ0n) is 11.0. The Labute approximate surface area is 125 Å². The largest absolute Gasteiger partial charge is 0.349 e. The standard InChI is InChI=1S/C12H14BrN3O3S/c1-8(20(2,18)19)12(17)14-5-10-7-16-6-9(13)3-4-11(16)15-10/h3-4,6-8H,5H2,1-2H3,(H,14,17)/t8-/m0/s1. The van der Waals surface area contributed by atoms with Crippen LogP contribution >= 0.6 is 15.9 Å². The highest BCUT2D eigenvalue weighted by atomic mass is 79.9. The van der Waals surface area contributed by atoms with E-state index in [4.69, 9.17) is 0 Å². The molecule has 2 heterocycles. The molecule has 0 saturated carbocycles. The van der Waals surface area contributed by atoms with Crippen LogP contribution in [0.3, 0.4) is 0 Å². The van der Waals surface area contributed by atoms with Crippen LogP contribution in [0.4, 0.5) is 0 Å². The maximum atomic E-state index is 11.7. The van der Waals surface area contributed by atoms with Gasteiger partial charge >= 0.3 is 0 Å². The van der Waals surface area contributed by atoms with Crippen LogP contribution in [0.5, 0.6) is 0 Å². The average Bonchev–Trinajstić information content (AvgIpc) is 2.75. The smallest absolute Gasteiger partial charge is 0.238 e. The number of sulfone groups is 1. The second-order valence-corrected chi connectivity index (χ2v) is 7.82. The fourth-order valence-electron chi connectivity index (χ4n) is 1.62. The minimum absolute atomic E-state index is 0.192. The number of rotatable bonds is 4. The first-order valence-electron chi connectivity index (χ1n) is 5.87. The summed E-state index contributed by atoms with van der Waals surface area (Å²) in [5, 5.41) is 1.51. The fraction of sp³-hybridized carbons (Fsp3) is 0.333. The van der Waals surface area contributed by atoms with Gasteiger partial charge in [-0.25, -0.2) is 13.4 Å².